The number of rotatable bonds is 7. The van der Waals surface area contributed by atoms with E-state index < -0.39 is 0 Å². The van der Waals surface area contributed by atoms with Crippen molar-refractivity contribution in [2.45, 2.75) is 57.5 Å². The Morgan fingerprint density at radius 3 is 2.81 bits per heavy atom. The Labute approximate surface area is 126 Å². The third-order valence-corrected chi connectivity index (χ3v) is 4.32. The summed E-state index contributed by atoms with van der Waals surface area (Å²) in [7, 11) is 0. The molecule has 21 heavy (non-hydrogen) atoms. The number of hydrogen-bond donors (Lipinski definition) is 1. The van der Waals surface area contributed by atoms with Crippen molar-refractivity contribution in [2.24, 2.45) is 0 Å². The van der Waals surface area contributed by atoms with Crippen LogP contribution in [-0.4, -0.2) is 25.6 Å². The van der Waals surface area contributed by atoms with Crippen molar-refractivity contribution in [3.8, 4) is 0 Å². The van der Waals surface area contributed by atoms with Gasteiger partial charge in [0, 0.05) is 43.9 Å². The zero-order chi connectivity index (χ0) is 14.3. The molecule has 0 bridgehead atoms. The lowest BCUT2D eigenvalue weighted by atomic mass is 9.95. The first-order chi connectivity index (χ1) is 10.4. The summed E-state index contributed by atoms with van der Waals surface area (Å²) < 4.78 is 4.47. The Hall–Kier alpha value is -1.78. The molecule has 2 aromatic heterocycles. The first kappa shape index (κ1) is 14.2. The molecule has 0 amide bonds. The van der Waals surface area contributed by atoms with Crippen molar-refractivity contribution >= 4 is 5.95 Å². The minimum Gasteiger partial charge on any atom is -0.356 e. The van der Waals surface area contributed by atoms with Gasteiger partial charge in [0.05, 0.1) is 6.33 Å². The molecule has 0 saturated heterocycles. The Morgan fingerprint density at radius 2 is 2.00 bits per heavy atom. The van der Waals surface area contributed by atoms with Gasteiger partial charge in [0.25, 0.3) is 0 Å². The van der Waals surface area contributed by atoms with Crippen molar-refractivity contribution in [2.75, 3.05) is 11.9 Å². The smallest absolute Gasteiger partial charge is 0.203 e. The molecule has 3 rings (SSSR count). The summed E-state index contributed by atoms with van der Waals surface area (Å²) in [5.41, 5.74) is 0. The van der Waals surface area contributed by atoms with Crippen molar-refractivity contribution in [1.82, 2.24) is 19.1 Å². The molecule has 1 aliphatic carbocycles. The summed E-state index contributed by atoms with van der Waals surface area (Å²) in [6.45, 7) is 2.02. The highest BCUT2D eigenvalue weighted by Crippen LogP contribution is 2.30. The molecule has 5 heteroatoms. The summed E-state index contributed by atoms with van der Waals surface area (Å²) in [4.78, 5) is 8.53. The lowest BCUT2D eigenvalue weighted by molar-refractivity contribution is 0.356. The molecule has 1 N–H and O–H groups in total. The third kappa shape index (κ3) is 3.86. The number of nitrogens with zero attached hydrogens (tertiary/aromatic N) is 4. The number of unbranched alkanes of at least 4 members (excludes halogenated alkanes) is 1. The first-order valence-electron chi connectivity index (χ1n) is 8.16. The van der Waals surface area contributed by atoms with Crippen LogP contribution in [-0.2, 0) is 6.54 Å². The van der Waals surface area contributed by atoms with Gasteiger partial charge >= 0.3 is 0 Å². The van der Waals surface area contributed by atoms with Crippen LogP contribution in [0.15, 0.2) is 31.1 Å². The summed E-state index contributed by atoms with van der Waals surface area (Å²) in [6, 6.07) is 0.648. The van der Waals surface area contributed by atoms with Crippen LogP contribution in [0.5, 0.6) is 0 Å². The van der Waals surface area contributed by atoms with Crippen LogP contribution in [0.2, 0.25) is 0 Å². The maximum Gasteiger partial charge on any atom is 0.203 e. The van der Waals surface area contributed by atoms with Gasteiger partial charge in [-0.3, -0.25) is 0 Å². The van der Waals surface area contributed by atoms with E-state index in [9.17, 15) is 0 Å². The molecule has 0 aliphatic heterocycles. The van der Waals surface area contributed by atoms with E-state index in [0.29, 0.717) is 6.04 Å². The minimum atomic E-state index is 0.648. The normalized spacial score (nSPS) is 16.2. The minimum absolute atomic E-state index is 0.648. The van der Waals surface area contributed by atoms with Gasteiger partial charge in [-0.05, 0) is 25.7 Å². The van der Waals surface area contributed by atoms with E-state index in [4.69, 9.17) is 0 Å². The fourth-order valence-electron chi connectivity index (χ4n) is 3.14. The second-order valence-corrected chi connectivity index (χ2v) is 5.88. The summed E-state index contributed by atoms with van der Waals surface area (Å²) in [6.07, 6.45) is 18.8. The molecular formula is C16H25N5. The lowest BCUT2D eigenvalue weighted by Crippen LogP contribution is -2.16. The highest BCUT2D eigenvalue weighted by Gasteiger charge is 2.17. The molecule has 0 radical (unpaired) electrons. The highest BCUT2D eigenvalue weighted by atomic mass is 15.2. The van der Waals surface area contributed by atoms with E-state index in [-0.39, 0.29) is 0 Å². The second kappa shape index (κ2) is 7.29. The van der Waals surface area contributed by atoms with Gasteiger partial charge in [-0.15, -0.1) is 0 Å². The third-order valence-electron chi connectivity index (χ3n) is 4.32. The SMILES string of the molecule is c1cn(CCCCNc2nccn2C2CCCCC2)cn1. The number of aromatic nitrogens is 4. The summed E-state index contributed by atoms with van der Waals surface area (Å²) >= 11 is 0. The Balaban J connectivity index is 1.42. The van der Waals surface area contributed by atoms with E-state index in [1.54, 1.807) is 0 Å². The van der Waals surface area contributed by atoms with Crippen molar-refractivity contribution in [3.05, 3.63) is 31.1 Å². The topological polar surface area (TPSA) is 47.7 Å². The predicted octanol–water partition coefficient (Wildman–Crippen LogP) is 3.48. The van der Waals surface area contributed by atoms with Crippen LogP contribution in [0.3, 0.4) is 0 Å². The van der Waals surface area contributed by atoms with Gasteiger partial charge in [-0.25, -0.2) is 9.97 Å². The van der Waals surface area contributed by atoms with E-state index in [1.165, 1.54) is 32.1 Å². The molecule has 1 saturated carbocycles. The fourth-order valence-corrected chi connectivity index (χ4v) is 3.14. The zero-order valence-corrected chi connectivity index (χ0v) is 12.6. The van der Waals surface area contributed by atoms with Crippen LogP contribution in [0.4, 0.5) is 5.95 Å². The molecule has 0 aromatic carbocycles. The maximum atomic E-state index is 4.48. The molecule has 2 aromatic rings. The summed E-state index contributed by atoms with van der Waals surface area (Å²) in [5, 5.41) is 3.50. The van der Waals surface area contributed by atoms with E-state index in [0.717, 1.165) is 31.9 Å². The average molecular weight is 287 g/mol. The van der Waals surface area contributed by atoms with Crippen molar-refractivity contribution in [3.63, 3.8) is 0 Å². The standard InChI is InChI=1S/C16H25N5/c1-2-6-15(7-3-1)21-13-10-19-16(21)18-8-4-5-11-20-12-9-17-14-20/h9-10,12-15H,1-8,11H2,(H,18,19). The molecule has 5 nitrogen and oxygen atoms in total. The largest absolute Gasteiger partial charge is 0.356 e. The molecule has 0 atom stereocenters. The Bertz CT molecular complexity index is 511. The van der Waals surface area contributed by atoms with Gasteiger partial charge in [-0.2, -0.15) is 0 Å². The molecule has 114 valence electrons. The zero-order valence-electron chi connectivity index (χ0n) is 12.6. The van der Waals surface area contributed by atoms with Crippen LogP contribution >= 0.6 is 0 Å². The van der Waals surface area contributed by atoms with Gasteiger partial charge in [-0.1, -0.05) is 19.3 Å². The number of anilines is 1. The first-order valence-corrected chi connectivity index (χ1v) is 8.16. The highest BCUT2D eigenvalue weighted by molar-refractivity contribution is 5.26. The van der Waals surface area contributed by atoms with Crippen molar-refractivity contribution in [1.29, 1.82) is 0 Å². The molecule has 1 fully saturated rings. The van der Waals surface area contributed by atoms with Crippen LogP contribution in [0.25, 0.3) is 0 Å². The van der Waals surface area contributed by atoms with Crippen LogP contribution in [0, 0.1) is 0 Å². The van der Waals surface area contributed by atoms with Gasteiger partial charge in [0.15, 0.2) is 0 Å². The van der Waals surface area contributed by atoms with Gasteiger partial charge in [0.1, 0.15) is 0 Å². The van der Waals surface area contributed by atoms with Crippen LogP contribution in [0.1, 0.15) is 51.0 Å². The Kier molecular flexibility index (Phi) is 4.92. The van der Waals surface area contributed by atoms with Crippen LogP contribution < -0.4 is 5.32 Å². The number of aryl methyl sites for hydroxylation is 1. The number of hydrogen-bond acceptors (Lipinski definition) is 3. The molecular weight excluding hydrogens is 262 g/mol. The molecule has 0 unspecified atom stereocenters. The van der Waals surface area contributed by atoms with Gasteiger partial charge < -0.3 is 14.5 Å². The Morgan fingerprint density at radius 1 is 1.10 bits per heavy atom. The van der Waals surface area contributed by atoms with Crippen molar-refractivity contribution < 1.29 is 0 Å². The number of nitrogens with one attached hydrogen (secondary N) is 1. The molecule has 2 heterocycles. The molecule has 0 spiro atoms. The molecule has 1 aliphatic rings. The fraction of sp³-hybridized carbons (Fsp3) is 0.625. The maximum absolute atomic E-state index is 4.48. The lowest BCUT2D eigenvalue weighted by Gasteiger charge is -2.24. The van der Waals surface area contributed by atoms with E-state index in [2.05, 4.69) is 30.6 Å². The monoisotopic (exact) mass is 287 g/mol. The number of imidazole rings is 2. The van der Waals surface area contributed by atoms with E-state index >= 15 is 0 Å². The second-order valence-electron chi connectivity index (χ2n) is 5.88. The summed E-state index contributed by atoms with van der Waals surface area (Å²) in [5.74, 6) is 1.05. The average Bonchev–Trinajstić information content (AvgIpc) is 3.19. The predicted molar refractivity (Wildman–Crippen MR) is 84.3 cm³/mol. The van der Waals surface area contributed by atoms with E-state index in [1.807, 2.05) is 24.9 Å². The quantitative estimate of drug-likeness (QED) is 0.793. The van der Waals surface area contributed by atoms with Gasteiger partial charge in [0.2, 0.25) is 5.95 Å².